The molecule has 33 heavy (non-hydrogen) atoms. The number of hydrogen-bond acceptors (Lipinski definition) is 6. The van der Waals surface area contributed by atoms with E-state index < -0.39 is 11.8 Å². The Bertz CT molecular complexity index is 1150. The Balaban J connectivity index is 1.88. The molecule has 1 unspecified atom stereocenters. The molecule has 172 valence electrons. The Labute approximate surface area is 193 Å². The fourth-order valence-electron chi connectivity index (χ4n) is 4.84. The average molecular weight is 448 g/mol. The Kier molecular flexibility index (Phi) is 6.06. The fourth-order valence-corrected chi connectivity index (χ4v) is 4.84. The normalized spacial score (nSPS) is 21.7. The summed E-state index contributed by atoms with van der Waals surface area (Å²) in [6.07, 6.45) is 2.69. The van der Waals surface area contributed by atoms with Crippen LogP contribution >= 0.6 is 0 Å². The number of hydrogen-bond donors (Lipinski definition) is 1. The maximum absolute atomic E-state index is 13.6. The lowest BCUT2D eigenvalue weighted by atomic mass is 9.66. The molecule has 4 rings (SSSR count). The first-order chi connectivity index (χ1) is 15.7. The number of ketones is 1. The monoisotopic (exact) mass is 447 g/mol. The summed E-state index contributed by atoms with van der Waals surface area (Å²) < 4.78 is 11.1. The van der Waals surface area contributed by atoms with Gasteiger partial charge in [-0.1, -0.05) is 19.9 Å². The third-order valence-electron chi connectivity index (χ3n) is 6.27. The number of rotatable bonds is 5. The number of nitrogens with one attached hydrogen (secondary N) is 1. The molecule has 7 nitrogen and oxygen atoms in total. The first-order valence-corrected chi connectivity index (χ1v) is 11.0. The topological polar surface area (TPSA) is 89.9 Å². The number of aliphatic imine (C=N–C) groups is 1. The van der Waals surface area contributed by atoms with Crippen LogP contribution in [0, 0.1) is 11.3 Å². The van der Waals surface area contributed by atoms with Gasteiger partial charge in [0.2, 0.25) is 5.91 Å². The van der Waals surface area contributed by atoms with E-state index in [1.807, 2.05) is 13.0 Å². The van der Waals surface area contributed by atoms with Gasteiger partial charge in [0, 0.05) is 41.1 Å². The fraction of sp³-hybridized carbons (Fsp3) is 0.385. The van der Waals surface area contributed by atoms with Crippen molar-refractivity contribution in [2.75, 3.05) is 19.5 Å². The molecule has 1 aromatic heterocycles. The van der Waals surface area contributed by atoms with E-state index in [2.05, 4.69) is 24.1 Å². The second-order valence-electron chi connectivity index (χ2n) is 9.32. The van der Waals surface area contributed by atoms with E-state index in [0.29, 0.717) is 41.4 Å². The van der Waals surface area contributed by atoms with Gasteiger partial charge in [0.25, 0.3) is 0 Å². The lowest BCUT2D eigenvalue weighted by Gasteiger charge is -2.39. The molecule has 0 saturated heterocycles. The van der Waals surface area contributed by atoms with Crippen LogP contribution in [0.4, 0.5) is 5.82 Å². The Morgan fingerprint density at radius 3 is 2.58 bits per heavy atom. The van der Waals surface area contributed by atoms with Crippen molar-refractivity contribution in [3.8, 4) is 11.5 Å². The van der Waals surface area contributed by atoms with Gasteiger partial charge in [0.1, 0.15) is 17.3 Å². The molecule has 1 amide bonds. The van der Waals surface area contributed by atoms with Crippen molar-refractivity contribution in [1.82, 2.24) is 4.98 Å². The zero-order chi connectivity index (χ0) is 23.8. The van der Waals surface area contributed by atoms with Crippen LogP contribution in [0.5, 0.6) is 11.5 Å². The SMILES string of the molecule is COc1ccc(OC)c([C@H]2C3=C(CC(C)(C)CC3=O)N=C(C)C2C(=O)Nc2ccccn2)c1. The standard InChI is InChI=1S/C26H29N3O4/c1-15-22(25(31)29-21-8-6-7-11-27-21)23(17-12-16(32-4)9-10-20(17)33-5)24-18(28-15)13-26(2,3)14-19(24)30/h6-12,22-23H,13-14H2,1-5H3,(H,27,29,31)/t22?,23-/m1/s1. The predicted octanol–water partition coefficient (Wildman–Crippen LogP) is 4.56. The van der Waals surface area contributed by atoms with Crippen molar-refractivity contribution in [1.29, 1.82) is 0 Å². The largest absolute Gasteiger partial charge is 0.497 e. The molecule has 1 N–H and O–H groups in total. The van der Waals surface area contributed by atoms with E-state index >= 15 is 0 Å². The highest BCUT2D eigenvalue weighted by Crippen LogP contribution is 2.50. The summed E-state index contributed by atoms with van der Waals surface area (Å²) in [6, 6.07) is 10.8. The number of benzene rings is 1. The van der Waals surface area contributed by atoms with Crippen LogP contribution in [0.2, 0.25) is 0 Å². The molecule has 2 atom stereocenters. The first-order valence-electron chi connectivity index (χ1n) is 11.0. The second-order valence-corrected chi connectivity index (χ2v) is 9.32. The van der Waals surface area contributed by atoms with Crippen molar-refractivity contribution >= 4 is 23.2 Å². The molecule has 7 heteroatoms. The predicted molar refractivity (Wildman–Crippen MR) is 127 cm³/mol. The van der Waals surface area contributed by atoms with Crippen molar-refractivity contribution in [3.05, 3.63) is 59.4 Å². The first kappa shape index (κ1) is 22.7. The van der Waals surface area contributed by atoms with Gasteiger partial charge in [0.15, 0.2) is 5.78 Å². The van der Waals surface area contributed by atoms with Gasteiger partial charge in [-0.15, -0.1) is 0 Å². The molecule has 0 fully saturated rings. The molecule has 1 aliphatic heterocycles. The van der Waals surface area contributed by atoms with Crippen LogP contribution < -0.4 is 14.8 Å². The van der Waals surface area contributed by atoms with Crippen LogP contribution in [-0.2, 0) is 9.59 Å². The molecule has 2 heterocycles. The van der Waals surface area contributed by atoms with E-state index in [1.54, 1.807) is 50.7 Å². The van der Waals surface area contributed by atoms with Crippen molar-refractivity contribution in [3.63, 3.8) is 0 Å². The van der Waals surface area contributed by atoms with E-state index in [0.717, 1.165) is 11.3 Å². The Morgan fingerprint density at radius 1 is 1.12 bits per heavy atom. The van der Waals surface area contributed by atoms with Gasteiger partial charge >= 0.3 is 0 Å². The lowest BCUT2D eigenvalue weighted by molar-refractivity contribution is -0.119. The Hall–Kier alpha value is -3.48. The number of Topliss-reactive ketones (excluding diaryl/α,β-unsaturated/α-hetero) is 1. The highest BCUT2D eigenvalue weighted by atomic mass is 16.5. The van der Waals surface area contributed by atoms with Gasteiger partial charge in [-0.2, -0.15) is 0 Å². The number of nitrogens with zero attached hydrogens (tertiary/aromatic N) is 2. The van der Waals surface area contributed by atoms with Crippen LogP contribution in [0.15, 0.2) is 58.9 Å². The van der Waals surface area contributed by atoms with Crippen molar-refractivity contribution < 1.29 is 19.1 Å². The number of allylic oxidation sites excluding steroid dienone is 2. The minimum absolute atomic E-state index is 0.0167. The summed E-state index contributed by atoms with van der Waals surface area (Å²) in [5.74, 6) is 0.169. The zero-order valence-electron chi connectivity index (χ0n) is 19.6. The summed E-state index contributed by atoms with van der Waals surface area (Å²) >= 11 is 0. The number of anilines is 1. The molecule has 0 saturated carbocycles. The minimum Gasteiger partial charge on any atom is -0.497 e. The highest BCUT2D eigenvalue weighted by molar-refractivity contribution is 6.13. The third kappa shape index (κ3) is 4.40. The Morgan fingerprint density at radius 2 is 1.91 bits per heavy atom. The van der Waals surface area contributed by atoms with Gasteiger partial charge in [-0.3, -0.25) is 14.6 Å². The zero-order valence-corrected chi connectivity index (χ0v) is 19.6. The van der Waals surface area contributed by atoms with Crippen molar-refractivity contribution in [2.24, 2.45) is 16.3 Å². The maximum atomic E-state index is 13.6. The summed E-state index contributed by atoms with van der Waals surface area (Å²) in [7, 11) is 3.17. The van der Waals surface area contributed by atoms with Crippen LogP contribution in [0.3, 0.4) is 0 Å². The lowest BCUT2D eigenvalue weighted by Crippen LogP contribution is -2.41. The van der Waals surface area contributed by atoms with Gasteiger partial charge in [-0.25, -0.2) is 4.98 Å². The summed E-state index contributed by atoms with van der Waals surface area (Å²) in [5, 5.41) is 2.90. The van der Waals surface area contributed by atoms with Gasteiger partial charge in [0.05, 0.1) is 20.1 Å². The highest BCUT2D eigenvalue weighted by Gasteiger charge is 2.46. The molecule has 0 bridgehead atoms. The number of ether oxygens (including phenoxy) is 2. The molecule has 1 aromatic carbocycles. The molecular formula is C26H29N3O4. The van der Waals surface area contributed by atoms with E-state index in [4.69, 9.17) is 14.5 Å². The number of aromatic nitrogens is 1. The maximum Gasteiger partial charge on any atom is 0.235 e. The van der Waals surface area contributed by atoms with E-state index in [-0.39, 0.29) is 17.1 Å². The molecule has 2 aliphatic rings. The number of carbonyl (C=O) groups is 2. The van der Waals surface area contributed by atoms with Gasteiger partial charge < -0.3 is 14.8 Å². The number of methoxy groups -OCH3 is 2. The van der Waals surface area contributed by atoms with Gasteiger partial charge in [-0.05, 0) is 49.1 Å². The summed E-state index contributed by atoms with van der Waals surface area (Å²) in [6.45, 7) is 5.99. The summed E-state index contributed by atoms with van der Waals surface area (Å²) in [4.78, 5) is 36.1. The number of pyridine rings is 1. The third-order valence-corrected chi connectivity index (χ3v) is 6.27. The quantitative estimate of drug-likeness (QED) is 0.726. The number of amides is 1. The average Bonchev–Trinajstić information content (AvgIpc) is 2.77. The number of carbonyl (C=O) groups excluding carboxylic acids is 2. The molecule has 0 spiro atoms. The second kappa shape index (κ2) is 8.81. The van der Waals surface area contributed by atoms with Crippen LogP contribution in [0.25, 0.3) is 0 Å². The molecule has 2 aromatic rings. The van der Waals surface area contributed by atoms with Crippen LogP contribution in [-0.4, -0.2) is 36.6 Å². The minimum atomic E-state index is -0.697. The molecular weight excluding hydrogens is 418 g/mol. The molecule has 1 aliphatic carbocycles. The van der Waals surface area contributed by atoms with E-state index in [9.17, 15) is 9.59 Å². The van der Waals surface area contributed by atoms with Crippen LogP contribution in [0.1, 0.15) is 45.1 Å². The molecule has 0 radical (unpaired) electrons. The van der Waals surface area contributed by atoms with E-state index in [1.165, 1.54) is 0 Å². The van der Waals surface area contributed by atoms with Crippen molar-refractivity contribution in [2.45, 2.75) is 39.5 Å². The smallest absolute Gasteiger partial charge is 0.235 e. The summed E-state index contributed by atoms with van der Waals surface area (Å²) in [5.41, 5.74) is 2.54.